The largest absolute Gasteiger partial charge is 0.489 e. The number of carbonyl (C=O) groups excluding carboxylic acids is 1. The molecule has 0 radical (unpaired) electrons. The number of esters is 1. The van der Waals surface area contributed by atoms with E-state index in [0.717, 1.165) is 17.1 Å². The highest BCUT2D eigenvalue weighted by atomic mass is 35.5. The van der Waals surface area contributed by atoms with Gasteiger partial charge < -0.3 is 14.2 Å². The standard InChI is InChI=1S/C20H19ClO4/c1-16(14-20(22)23-13-5-12-21)15-24-17-8-10-19(11-9-17)25-18-6-3-2-4-7-18/h2-12,14H,13,15H2,1H3/b12-5+,16-14+. The summed E-state index contributed by atoms with van der Waals surface area (Å²) < 4.78 is 16.3. The summed E-state index contributed by atoms with van der Waals surface area (Å²) in [5.41, 5.74) is 2.06. The zero-order valence-corrected chi connectivity index (χ0v) is 14.6. The minimum absolute atomic E-state index is 0.149. The number of ether oxygens (including phenoxy) is 3. The Bertz CT molecular complexity index is 721. The molecule has 0 amide bonds. The lowest BCUT2D eigenvalue weighted by molar-refractivity contribution is -0.136. The van der Waals surface area contributed by atoms with Crippen LogP contribution in [-0.4, -0.2) is 19.2 Å². The van der Waals surface area contributed by atoms with Crippen molar-refractivity contribution in [2.24, 2.45) is 0 Å². The fourth-order valence-corrected chi connectivity index (χ4v) is 1.95. The average Bonchev–Trinajstić information content (AvgIpc) is 2.62. The van der Waals surface area contributed by atoms with E-state index in [2.05, 4.69) is 0 Å². The van der Waals surface area contributed by atoms with Crippen LogP contribution in [0.3, 0.4) is 0 Å². The summed E-state index contributed by atoms with van der Waals surface area (Å²) in [6.07, 6.45) is 2.94. The lowest BCUT2D eigenvalue weighted by Gasteiger charge is -2.09. The summed E-state index contributed by atoms with van der Waals surface area (Å²) in [7, 11) is 0. The lowest BCUT2D eigenvalue weighted by Crippen LogP contribution is -2.05. The van der Waals surface area contributed by atoms with E-state index in [4.69, 9.17) is 25.8 Å². The number of para-hydroxylation sites is 1. The molecule has 0 aliphatic rings. The van der Waals surface area contributed by atoms with Gasteiger partial charge in [0.2, 0.25) is 0 Å². The third kappa shape index (κ3) is 7.14. The Balaban J connectivity index is 1.81. The molecule has 0 aliphatic heterocycles. The minimum Gasteiger partial charge on any atom is -0.489 e. The third-order valence-corrected chi connectivity index (χ3v) is 3.22. The van der Waals surface area contributed by atoms with Crippen LogP contribution in [0.4, 0.5) is 0 Å². The Morgan fingerprint density at radius 2 is 1.64 bits per heavy atom. The van der Waals surface area contributed by atoms with Gasteiger partial charge in [-0.3, -0.25) is 0 Å². The average molecular weight is 359 g/mol. The van der Waals surface area contributed by atoms with Crippen LogP contribution in [0.5, 0.6) is 17.2 Å². The molecule has 2 aromatic rings. The molecule has 0 spiro atoms. The van der Waals surface area contributed by atoms with Crippen LogP contribution in [0.2, 0.25) is 0 Å². The van der Waals surface area contributed by atoms with E-state index in [1.54, 1.807) is 6.92 Å². The van der Waals surface area contributed by atoms with Gasteiger partial charge in [0.25, 0.3) is 0 Å². The van der Waals surface area contributed by atoms with Gasteiger partial charge in [0, 0.05) is 11.6 Å². The molecule has 0 atom stereocenters. The Hall–Kier alpha value is -2.72. The predicted molar refractivity (Wildman–Crippen MR) is 98.2 cm³/mol. The van der Waals surface area contributed by atoms with Crippen molar-refractivity contribution in [1.29, 1.82) is 0 Å². The smallest absolute Gasteiger partial charge is 0.331 e. The van der Waals surface area contributed by atoms with Crippen LogP contribution in [0, 0.1) is 0 Å². The summed E-state index contributed by atoms with van der Waals surface area (Å²) in [5, 5.41) is 0. The molecule has 2 aromatic carbocycles. The normalized spacial score (nSPS) is 11.4. The SMILES string of the molecule is C/C(=C\C(=O)OC/C=C/Cl)COc1ccc(Oc2ccccc2)cc1. The summed E-state index contributed by atoms with van der Waals surface area (Å²) in [6, 6.07) is 16.8. The molecule has 5 heteroatoms. The Kier molecular flexibility index (Phi) is 7.60. The van der Waals surface area contributed by atoms with Gasteiger partial charge in [-0.15, -0.1) is 0 Å². The quantitative estimate of drug-likeness (QED) is 0.486. The van der Waals surface area contributed by atoms with Crippen LogP contribution in [0.25, 0.3) is 0 Å². The molecule has 0 N–H and O–H groups in total. The first-order valence-corrected chi connectivity index (χ1v) is 8.16. The molecule has 0 saturated heterocycles. The van der Waals surface area contributed by atoms with E-state index in [1.807, 2.05) is 54.6 Å². The first-order valence-electron chi connectivity index (χ1n) is 7.72. The number of hydrogen-bond donors (Lipinski definition) is 0. The Morgan fingerprint density at radius 3 is 2.32 bits per heavy atom. The lowest BCUT2D eigenvalue weighted by atomic mass is 10.3. The molecule has 0 aliphatic carbocycles. The fraction of sp³-hybridized carbons (Fsp3) is 0.150. The van der Waals surface area contributed by atoms with Crippen molar-refractivity contribution in [1.82, 2.24) is 0 Å². The molecule has 2 rings (SSSR count). The van der Waals surface area contributed by atoms with E-state index >= 15 is 0 Å². The highest BCUT2D eigenvalue weighted by molar-refractivity contribution is 6.25. The van der Waals surface area contributed by atoms with Crippen molar-refractivity contribution < 1.29 is 19.0 Å². The number of benzene rings is 2. The molecule has 0 unspecified atom stereocenters. The van der Waals surface area contributed by atoms with Crippen LogP contribution in [0.15, 0.2) is 77.9 Å². The van der Waals surface area contributed by atoms with Gasteiger partial charge in [0.1, 0.15) is 30.5 Å². The topological polar surface area (TPSA) is 44.8 Å². The minimum atomic E-state index is -0.428. The van der Waals surface area contributed by atoms with Gasteiger partial charge >= 0.3 is 5.97 Å². The molecular weight excluding hydrogens is 340 g/mol. The second kappa shape index (κ2) is 10.2. The van der Waals surface area contributed by atoms with Crippen LogP contribution < -0.4 is 9.47 Å². The maximum atomic E-state index is 11.5. The zero-order chi connectivity index (χ0) is 17.9. The van der Waals surface area contributed by atoms with E-state index in [0.29, 0.717) is 12.4 Å². The Labute approximate surface area is 152 Å². The Morgan fingerprint density at radius 1 is 1.00 bits per heavy atom. The molecule has 0 fully saturated rings. The molecule has 0 aromatic heterocycles. The highest BCUT2D eigenvalue weighted by Crippen LogP contribution is 2.23. The molecule has 130 valence electrons. The second-order valence-electron chi connectivity index (χ2n) is 5.16. The van der Waals surface area contributed by atoms with Gasteiger partial charge in [0.15, 0.2) is 0 Å². The van der Waals surface area contributed by atoms with Crippen molar-refractivity contribution >= 4 is 17.6 Å². The summed E-state index contributed by atoms with van der Waals surface area (Å²) >= 11 is 5.35. The monoisotopic (exact) mass is 358 g/mol. The summed E-state index contributed by atoms with van der Waals surface area (Å²) in [4.78, 5) is 11.5. The molecule has 4 nitrogen and oxygen atoms in total. The van der Waals surface area contributed by atoms with Crippen LogP contribution in [0.1, 0.15) is 6.92 Å². The summed E-state index contributed by atoms with van der Waals surface area (Å²) in [5.74, 6) is 1.76. The summed E-state index contributed by atoms with van der Waals surface area (Å²) in [6.45, 7) is 2.24. The van der Waals surface area contributed by atoms with Crippen molar-refractivity contribution in [2.75, 3.05) is 13.2 Å². The van der Waals surface area contributed by atoms with Crippen molar-refractivity contribution in [3.05, 3.63) is 77.9 Å². The predicted octanol–water partition coefficient (Wildman–Crippen LogP) is 5.10. The van der Waals surface area contributed by atoms with Gasteiger partial charge in [-0.1, -0.05) is 29.8 Å². The molecule has 25 heavy (non-hydrogen) atoms. The van der Waals surface area contributed by atoms with Crippen molar-refractivity contribution in [3.63, 3.8) is 0 Å². The molecular formula is C20H19ClO4. The first kappa shape index (κ1) is 18.6. The van der Waals surface area contributed by atoms with Crippen molar-refractivity contribution in [3.8, 4) is 17.2 Å². The number of rotatable bonds is 8. The maximum absolute atomic E-state index is 11.5. The second-order valence-corrected chi connectivity index (χ2v) is 5.41. The van der Waals surface area contributed by atoms with Crippen LogP contribution >= 0.6 is 11.6 Å². The maximum Gasteiger partial charge on any atom is 0.331 e. The number of carbonyl (C=O) groups is 1. The highest BCUT2D eigenvalue weighted by Gasteiger charge is 2.01. The van der Waals surface area contributed by atoms with E-state index in [1.165, 1.54) is 17.7 Å². The number of hydrogen-bond acceptors (Lipinski definition) is 4. The fourth-order valence-electron chi connectivity index (χ4n) is 1.88. The van der Waals surface area contributed by atoms with Gasteiger partial charge in [0.05, 0.1) is 0 Å². The zero-order valence-electron chi connectivity index (χ0n) is 13.9. The van der Waals surface area contributed by atoms with E-state index < -0.39 is 5.97 Å². The van der Waals surface area contributed by atoms with Crippen LogP contribution in [-0.2, 0) is 9.53 Å². The van der Waals surface area contributed by atoms with Crippen molar-refractivity contribution in [2.45, 2.75) is 6.92 Å². The first-order chi connectivity index (χ1) is 12.2. The molecule has 0 bridgehead atoms. The third-order valence-electron chi connectivity index (χ3n) is 3.04. The van der Waals surface area contributed by atoms with Gasteiger partial charge in [-0.25, -0.2) is 4.79 Å². The number of halogens is 1. The molecule has 0 heterocycles. The van der Waals surface area contributed by atoms with E-state index in [-0.39, 0.29) is 6.61 Å². The molecule has 0 saturated carbocycles. The van der Waals surface area contributed by atoms with Gasteiger partial charge in [-0.05, 0) is 55.0 Å². The van der Waals surface area contributed by atoms with E-state index in [9.17, 15) is 4.79 Å². The van der Waals surface area contributed by atoms with Gasteiger partial charge in [-0.2, -0.15) is 0 Å².